The third-order valence-corrected chi connectivity index (χ3v) is 3.37. The van der Waals surface area contributed by atoms with Crippen molar-refractivity contribution in [2.24, 2.45) is 11.8 Å². The van der Waals surface area contributed by atoms with Gasteiger partial charge in [0.25, 0.3) is 0 Å². The van der Waals surface area contributed by atoms with E-state index in [-0.39, 0.29) is 12.5 Å². The van der Waals surface area contributed by atoms with Gasteiger partial charge in [0, 0.05) is 13.1 Å². The minimum atomic E-state index is -1.04. The second-order valence-corrected chi connectivity index (χ2v) is 4.58. The van der Waals surface area contributed by atoms with Gasteiger partial charge in [-0.2, -0.15) is 0 Å². The molecule has 0 unspecified atom stereocenters. The first-order valence-corrected chi connectivity index (χ1v) is 5.82. The van der Waals surface area contributed by atoms with Gasteiger partial charge in [0.05, 0.1) is 5.92 Å². The molecule has 1 aliphatic heterocycles. The number of nitrogens with zero attached hydrogens (tertiary/aromatic N) is 1. The summed E-state index contributed by atoms with van der Waals surface area (Å²) in [6.07, 6.45) is -0.446. The summed E-state index contributed by atoms with van der Waals surface area (Å²) in [5.74, 6) is -1.68. The van der Waals surface area contributed by atoms with Crippen molar-refractivity contribution in [3.63, 3.8) is 0 Å². The molecule has 1 saturated heterocycles. The van der Waals surface area contributed by atoms with Crippen LogP contribution in [0.15, 0.2) is 30.3 Å². The smallest absolute Gasteiger partial charge is 0.407 e. The first-order valence-electron chi connectivity index (χ1n) is 5.82. The Balaban J connectivity index is 2.10. The van der Waals surface area contributed by atoms with Gasteiger partial charge in [-0.3, -0.25) is 4.79 Å². The number of hydrogen-bond donors (Lipinski definition) is 2. The fourth-order valence-corrected chi connectivity index (χ4v) is 2.43. The van der Waals surface area contributed by atoms with Crippen molar-refractivity contribution in [1.82, 2.24) is 4.90 Å². The largest absolute Gasteiger partial charge is 0.481 e. The maximum atomic E-state index is 11.2. The third-order valence-electron chi connectivity index (χ3n) is 3.37. The van der Waals surface area contributed by atoms with Gasteiger partial charge in [0.15, 0.2) is 0 Å². The number of amides is 1. The van der Waals surface area contributed by atoms with Crippen LogP contribution in [0.5, 0.6) is 0 Å². The summed E-state index contributed by atoms with van der Waals surface area (Å²) in [6, 6.07) is 9.56. The second kappa shape index (κ2) is 5.08. The van der Waals surface area contributed by atoms with Crippen molar-refractivity contribution < 1.29 is 19.8 Å². The van der Waals surface area contributed by atoms with E-state index in [1.807, 2.05) is 30.3 Å². The molecule has 1 aromatic carbocycles. The van der Waals surface area contributed by atoms with Gasteiger partial charge >= 0.3 is 12.1 Å². The lowest BCUT2D eigenvalue weighted by Gasteiger charge is -2.14. The van der Waals surface area contributed by atoms with Crippen molar-refractivity contribution in [2.45, 2.75) is 6.42 Å². The van der Waals surface area contributed by atoms with Gasteiger partial charge in [-0.15, -0.1) is 0 Å². The minimum absolute atomic E-state index is 0.0855. The fourth-order valence-electron chi connectivity index (χ4n) is 2.43. The molecule has 96 valence electrons. The van der Waals surface area contributed by atoms with E-state index in [0.29, 0.717) is 13.0 Å². The molecule has 2 N–H and O–H groups in total. The molecular formula is C13H15NO4. The van der Waals surface area contributed by atoms with E-state index >= 15 is 0 Å². The van der Waals surface area contributed by atoms with Crippen molar-refractivity contribution in [3.8, 4) is 0 Å². The Bertz CT molecular complexity index is 446. The Labute approximate surface area is 105 Å². The van der Waals surface area contributed by atoms with Gasteiger partial charge in [0.2, 0.25) is 0 Å². The molecule has 5 nitrogen and oxygen atoms in total. The van der Waals surface area contributed by atoms with Crippen LogP contribution in [0.1, 0.15) is 5.56 Å². The molecule has 0 aromatic heterocycles. The summed E-state index contributed by atoms with van der Waals surface area (Å²) in [6.45, 7) is 0.378. The highest BCUT2D eigenvalue weighted by Gasteiger charge is 2.39. The van der Waals surface area contributed by atoms with E-state index < -0.39 is 18.0 Å². The van der Waals surface area contributed by atoms with Crippen molar-refractivity contribution in [2.75, 3.05) is 13.1 Å². The van der Waals surface area contributed by atoms with Crippen LogP contribution in [-0.4, -0.2) is 40.3 Å². The van der Waals surface area contributed by atoms with Crippen LogP contribution in [0, 0.1) is 11.8 Å². The SMILES string of the molecule is O=C(O)[C@@H]1CN(C(=O)O)C[C@@H]1Cc1ccccc1. The fraction of sp³-hybridized carbons (Fsp3) is 0.385. The molecule has 18 heavy (non-hydrogen) atoms. The zero-order chi connectivity index (χ0) is 13.1. The summed E-state index contributed by atoms with van der Waals surface area (Å²) in [4.78, 5) is 23.2. The number of carboxylic acids is 1. The summed E-state index contributed by atoms with van der Waals surface area (Å²) in [7, 11) is 0. The van der Waals surface area contributed by atoms with E-state index in [4.69, 9.17) is 10.2 Å². The normalized spacial score (nSPS) is 23.0. The predicted molar refractivity (Wildman–Crippen MR) is 64.4 cm³/mol. The van der Waals surface area contributed by atoms with Crippen LogP contribution in [0.3, 0.4) is 0 Å². The molecule has 2 atom stereocenters. The summed E-state index contributed by atoms with van der Waals surface area (Å²) < 4.78 is 0. The van der Waals surface area contributed by atoms with E-state index in [9.17, 15) is 9.59 Å². The van der Waals surface area contributed by atoms with Gasteiger partial charge in [-0.05, 0) is 17.9 Å². The first kappa shape index (κ1) is 12.4. The van der Waals surface area contributed by atoms with Crippen LogP contribution in [0.4, 0.5) is 4.79 Å². The number of benzene rings is 1. The van der Waals surface area contributed by atoms with Crippen molar-refractivity contribution >= 4 is 12.1 Å². The van der Waals surface area contributed by atoms with Crippen LogP contribution in [0.25, 0.3) is 0 Å². The zero-order valence-corrected chi connectivity index (χ0v) is 9.82. The standard InChI is InChI=1S/C13H15NO4/c15-12(16)11-8-14(13(17)18)7-10(11)6-9-4-2-1-3-5-9/h1-5,10-11H,6-8H2,(H,15,16)(H,17,18)/t10-,11+/m0/s1. The molecule has 1 heterocycles. The molecule has 5 heteroatoms. The lowest BCUT2D eigenvalue weighted by Crippen LogP contribution is -2.28. The highest BCUT2D eigenvalue weighted by Crippen LogP contribution is 2.27. The number of rotatable bonds is 3. The first-order chi connectivity index (χ1) is 8.58. The van der Waals surface area contributed by atoms with Gasteiger partial charge in [-0.1, -0.05) is 30.3 Å². The quantitative estimate of drug-likeness (QED) is 0.851. The molecule has 0 radical (unpaired) electrons. The lowest BCUT2D eigenvalue weighted by atomic mass is 9.90. The highest BCUT2D eigenvalue weighted by atomic mass is 16.4. The number of aliphatic carboxylic acids is 1. The Morgan fingerprint density at radius 3 is 2.39 bits per heavy atom. The van der Waals surface area contributed by atoms with Gasteiger partial charge in [0.1, 0.15) is 0 Å². The maximum absolute atomic E-state index is 11.2. The molecule has 0 bridgehead atoms. The Kier molecular flexibility index (Phi) is 3.50. The molecule has 1 amide bonds. The van der Waals surface area contributed by atoms with E-state index in [2.05, 4.69) is 0 Å². The monoisotopic (exact) mass is 249 g/mol. The Hall–Kier alpha value is -2.04. The zero-order valence-electron chi connectivity index (χ0n) is 9.82. The van der Waals surface area contributed by atoms with Crippen LogP contribution < -0.4 is 0 Å². The number of carbonyl (C=O) groups is 2. The molecule has 0 spiro atoms. The lowest BCUT2D eigenvalue weighted by molar-refractivity contribution is -0.142. The molecule has 2 rings (SSSR count). The van der Waals surface area contributed by atoms with Crippen LogP contribution in [0.2, 0.25) is 0 Å². The molecule has 0 aliphatic carbocycles. The molecular weight excluding hydrogens is 234 g/mol. The topological polar surface area (TPSA) is 77.8 Å². The predicted octanol–water partition coefficient (Wildman–Crippen LogP) is 1.54. The van der Waals surface area contributed by atoms with Crippen LogP contribution >= 0.6 is 0 Å². The molecule has 1 fully saturated rings. The van der Waals surface area contributed by atoms with Crippen molar-refractivity contribution in [1.29, 1.82) is 0 Å². The van der Waals surface area contributed by atoms with E-state index in [1.54, 1.807) is 0 Å². The third kappa shape index (κ3) is 2.61. The van der Waals surface area contributed by atoms with E-state index in [0.717, 1.165) is 5.56 Å². The number of carboxylic acid groups (broad SMARTS) is 2. The molecule has 1 aromatic rings. The summed E-state index contributed by atoms with van der Waals surface area (Å²) in [5, 5.41) is 18.1. The van der Waals surface area contributed by atoms with Crippen LogP contribution in [-0.2, 0) is 11.2 Å². The Morgan fingerprint density at radius 1 is 1.17 bits per heavy atom. The highest BCUT2D eigenvalue weighted by molar-refractivity contribution is 5.74. The summed E-state index contributed by atoms with van der Waals surface area (Å²) >= 11 is 0. The molecule has 1 aliphatic rings. The average molecular weight is 249 g/mol. The average Bonchev–Trinajstić information content (AvgIpc) is 2.74. The van der Waals surface area contributed by atoms with Crippen molar-refractivity contribution in [3.05, 3.63) is 35.9 Å². The van der Waals surface area contributed by atoms with E-state index in [1.165, 1.54) is 4.90 Å². The summed E-state index contributed by atoms with van der Waals surface area (Å²) in [5.41, 5.74) is 1.04. The number of likely N-dealkylation sites (tertiary alicyclic amines) is 1. The number of hydrogen-bond acceptors (Lipinski definition) is 2. The molecule has 0 saturated carbocycles. The Morgan fingerprint density at radius 2 is 1.83 bits per heavy atom. The maximum Gasteiger partial charge on any atom is 0.407 e. The second-order valence-electron chi connectivity index (χ2n) is 4.58. The van der Waals surface area contributed by atoms with Gasteiger partial charge < -0.3 is 15.1 Å². The van der Waals surface area contributed by atoms with Gasteiger partial charge in [-0.25, -0.2) is 4.79 Å². The minimum Gasteiger partial charge on any atom is -0.481 e.